The van der Waals surface area contributed by atoms with Gasteiger partial charge in [-0.1, -0.05) is 30.3 Å². The van der Waals surface area contributed by atoms with E-state index in [0.717, 1.165) is 18.9 Å². The van der Waals surface area contributed by atoms with Crippen LogP contribution >= 0.6 is 0 Å². The maximum atomic E-state index is 5.82. The zero-order valence-corrected chi connectivity index (χ0v) is 9.97. The van der Waals surface area contributed by atoms with E-state index in [1.807, 2.05) is 12.1 Å². The number of rotatable bonds is 0. The molecule has 0 bridgehead atoms. The lowest BCUT2D eigenvalue weighted by atomic mass is 10.1. The molecule has 0 unspecified atom stereocenters. The third-order valence-electron chi connectivity index (χ3n) is 3.55. The smallest absolute Gasteiger partial charge is 0.128 e. The third kappa shape index (κ3) is 1.29. The van der Waals surface area contributed by atoms with Gasteiger partial charge < -0.3 is 9.30 Å². The summed E-state index contributed by atoms with van der Waals surface area (Å²) >= 11 is 0. The molecule has 0 atom stereocenters. The van der Waals surface area contributed by atoms with Crippen molar-refractivity contribution < 1.29 is 4.74 Å². The molecule has 2 heteroatoms. The van der Waals surface area contributed by atoms with E-state index in [9.17, 15) is 0 Å². The molecule has 1 aromatic heterocycles. The minimum atomic E-state index is 0.725. The fourth-order valence-electron chi connectivity index (χ4n) is 2.73. The Bertz CT molecular complexity index is 727. The fraction of sp³-hybridized carbons (Fsp3) is 0.125. The van der Waals surface area contributed by atoms with Crippen LogP contribution in [-0.2, 0) is 6.54 Å². The van der Waals surface area contributed by atoms with Crippen molar-refractivity contribution in [3.63, 3.8) is 0 Å². The summed E-state index contributed by atoms with van der Waals surface area (Å²) in [5.41, 5.74) is 3.73. The van der Waals surface area contributed by atoms with E-state index in [4.69, 9.17) is 4.74 Å². The summed E-state index contributed by atoms with van der Waals surface area (Å²) in [6.45, 7) is 1.63. The third-order valence-corrected chi connectivity index (χ3v) is 3.55. The van der Waals surface area contributed by atoms with Gasteiger partial charge in [0.25, 0.3) is 0 Å². The zero-order chi connectivity index (χ0) is 11.9. The first-order valence-corrected chi connectivity index (χ1v) is 6.24. The summed E-state index contributed by atoms with van der Waals surface area (Å²) in [5.74, 6) is 0.985. The van der Waals surface area contributed by atoms with Crippen molar-refractivity contribution >= 4 is 10.9 Å². The van der Waals surface area contributed by atoms with Crippen LogP contribution in [0, 0.1) is 0 Å². The Morgan fingerprint density at radius 3 is 2.78 bits per heavy atom. The molecule has 1 aliphatic heterocycles. The first-order valence-electron chi connectivity index (χ1n) is 6.24. The van der Waals surface area contributed by atoms with Crippen LogP contribution in [0.4, 0.5) is 0 Å². The van der Waals surface area contributed by atoms with Gasteiger partial charge in [0.15, 0.2) is 0 Å². The molecule has 2 heterocycles. The van der Waals surface area contributed by atoms with Crippen molar-refractivity contribution in [1.29, 1.82) is 0 Å². The van der Waals surface area contributed by atoms with Gasteiger partial charge in [0.1, 0.15) is 12.4 Å². The second-order valence-corrected chi connectivity index (χ2v) is 4.58. The summed E-state index contributed by atoms with van der Waals surface area (Å²) in [6.07, 6.45) is 0. The van der Waals surface area contributed by atoms with E-state index >= 15 is 0 Å². The molecule has 88 valence electrons. The first kappa shape index (κ1) is 9.77. The van der Waals surface area contributed by atoms with Gasteiger partial charge in [-0.25, -0.2) is 0 Å². The molecule has 0 fully saturated rings. The molecule has 2 nitrogen and oxygen atoms in total. The Balaban J connectivity index is 2.09. The van der Waals surface area contributed by atoms with Crippen molar-refractivity contribution in [2.75, 3.05) is 6.61 Å². The molecule has 18 heavy (non-hydrogen) atoms. The second-order valence-electron chi connectivity index (χ2n) is 4.58. The van der Waals surface area contributed by atoms with E-state index in [0.29, 0.717) is 0 Å². The molecule has 0 spiro atoms. The lowest BCUT2D eigenvalue weighted by molar-refractivity contribution is 0.308. The number of aromatic nitrogens is 1. The molecular weight excluding hydrogens is 222 g/mol. The van der Waals surface area contributed by atoms with Gasteiger partial charge in [-0.05, 0) is 24.3 Å². The largest absolute Gasteiger partial charge is 0.491 e. The number of para-hydroxylation sites is 2. The highest BCUT2D eigenvalue weighted by Gasteiger charge is 2.16. The lowest BCUT2D eigenvalue weighted by Gasteiger charge is -2.05. The van der Waals surface area contributed by atoms with Crippen LogP contribution in [0.3, 0.4) is 0 Å². The number of nitrogens with zero attached hydrogens (tertiary/aromatic N) is 1. The highest BCUT2D eigenvalue weighted by atomic mass is 16.5. The lowest BCUT2D eigenvalue weighted by Crippen LogP contribution is -2.05. The topological polar surface area (TPSA) is 14.2 Å². The molecule has 0 aliphatic carbocycles. The van der Waals surface area contributed by atoms with Gasteiger partial charge in [-0.15, -0.1) is 0 Å². The number of benzene rings is 2. The van der Waals surface area contributed by atoms with Gasteiger partial charge in [0.05, 0.1) is 12.2 Å². The summed E-state index contributed by atoms with van der Waals surface area (Å²) < 4.78 is 8.17. The molecule has 2 aromatic carbocycles. The van der Waals surface area contributed by atoms with Crippen molar-refractivity contribution in [3.8, 4) is 17.0 Å². The molecule has 0 radical (unpaired) electrons. The van der Waals surface area contributed by atoms with E-state index in [1.54, 1.807) is 0 Å². The fourth-order valence-corrected chi connectivity index (χ4v) is 2.73. The zero-order valence-electron chi connectivity index (χ0n) is 9.97. The molecule has 3 aromatic rings. The number of fused-ring (bicyclic) bond motifs is 5. The SMILES string of the molecule is c1ccc2c(c1)OCCn1c-2cc2ccccc21. The van der Waals surface area contributed by atoms with E-state index in [1.165, 1.54) is 22.2 Å². The summed E-state index contributed by atoms with van der Waals surface area (Å²) in [4.78, 5) is 0. The monoisotopic (exact) mass is 235 g/mol. The van der Waals surface area contributed by atoms with Gasteiger partial charge >= 0.3 is 0 Å². The Morgan fingerprint density at radius 1 is 0.944 bits per heavy atom. The van der Waals surface area contributed by atoms with Crippen LogP contribution in [0.25, 0.3) is 22.2 Å². The average Bonchev–Trinajstić information content (AvgIpc) is 2.69. The average molecular weight is 235 g/mol. The number of hydrogen-bond acceptors (Lipinski definition) is 1. The maximum absolute atomic E-state index is 5.82. The summed E-state index contributed by atoms with van der Waals surface area (Å²) in [5, 5.41) is 1.30. The van der Waals surface area contributed by atoms with Crippen LogP contribution < -0.4 is 4.74 Å². The Morgan fingerprint density at radius 2 is 1.78 bits per heavy atom. The highest BCUT2D eigenvalue weighted by Crippen LogP contribution is 2.35. The van der Waals surface area contributed by atoms with E-state index in [2.05, 4.69) is 47.0 Å². The van der Waals surface area contributed by atoms with Crippen molar-refractivity contribution in [2.24, 2.45) is 0 Å². The van der Waals surface area contributed by atoms with Crippen LogP contribution in [0.1, 0.15) is 0 Å². The van der Waals surface area contributed by atoms with Crippen molar-refractivity contribution in [3.05, 3.63) is 54.6 Å². The van der Waals surface area contributed by atoms with Gasteiger partial charge in [-0.3, -0.25) is 0 Å². The molecule has 0 N–H and O–H groups in total. The Labute approximate surface area is 105 Å². The maximum Gasteiger partial charge on any atom is 0.128 e. The quantitative estimate of drug-likeness (QED) is 0.579. The van der Waals surface area contributed by atoms with Crippen molar-refractivity contribution in [2.45, 2.75) is 6.54 Å². The second kappa shape index (κ2) is 3.64. The first-order chi connectivity index (χ1) is 8.93. The standard InChI is InChI=1S/C16H13NO/c1-3-7-14-12(5-1)11-15-13-6-2-4-8-16(13)18-10-9-17(14)15/h1-8,11H,9-10H2. The molecule has 0 amide bonds. The number of hydrogen-bond donors (Lipinski definition) is 0. The molecule has 0 saturated carbocycles. The summed E-state index contributed by atoms with van der Waals surface area (Å²) in [7, 11) is 0. The van der Waals surface area contributed by atoms with E-state index in [-0.39, 0.29) is 0 Å². The molecule has 4 rings (SSSR count). The minimum absolute atomic E-state index is 0.725. The van der Waals surface area contributed by atoms with E-state index < -0.39 is 0 Å². The minimum Gasteiger partial charge on any atom is -0.491 e. The van der Waals surface area contributed by atoms with Crippen LogP contribution in [0.15, 0.2) is 54.6 Å². The Kier molecular flexibility index (Phi) is 1.97. The normalized spacial score (nSPS) is 13.6. The molecular formula is C16H13NO. The summed E-state index contributed by atoms with van der Waals surface area (Å²) in [6, 6.07) is 19.0. The van der Waals surface area contributed by atoms with Crippen LogP contribution in [0.5, 0.6) is 5.75 Å². The number of ether oxygens (including phenoxy) is 1. The molecule has 0 saturated heterocycles. The predicted octanol–water partition coefficient (Wildman–Crippen LogP) is 3.70. The van der Waals surface area contributed by atoms with Gasteiger partial charge in [-0.2, -0.15) is 0 Å². The molecule has 1 aliphatic rings. The van der Waals surface area contributed by atoms with Crippen LogP contribution in [0.2, 0.25) is 0 Å². The van der Waals surface area contributed by atoms with Crippen LogP contribution in [-0.4, -0.2) is 11.2 Å². The Hall–Kier alpha value is -2.22. The van der Waals surface area contributed by atoms with Crippen molar-refractivity contribution in [1.82, 2.24) is 4.57 Å². The van der Waals surface area contributed by atoms with Gasteiger partial charge in [0, 0.05) is 16.5 Å². The predicted molar refractivity (Wildman–Crippen MR) is 72.9 cm³/mol. The van der Waals surface area contributed by atoms with Gasteiger partial charge in [0.2, 0.25) is 0 Å². The highest BCUT2D eigenvalue weighted by molar-refractivity contribution is 5.88.